The van der Waals surface area contributed by atoms with Crippen molar-refractivity contribution in [2.24, 2.45) is 0 Å². The molecule has 1 amide bonds. The second-order valence-corrected chi connectivity index (χ2v) is 8.08. The highest BCUT2D eigenvalue weighted by Crippen LogP contribution is 2.20. The van der Waals surface area contributed by atoms with Gasteiger partial charge in [-0.3, -0.25) is 4.79 Å². The van der Waals surface area contributed by atoms with Gasteiger partial charge in [0, 0.05) is 13.5 Å². The number of aliphatic hydroxyl groups is 1. The Morgan fingerprint density at radius 1 is 1.07 bits per heavy atom. The van der Waals surface area contributed by atoms with E-state index in [1.807, 2.05) is 0 Å². The number of carbonyl (C=O) groups is 2. The topological polar surface area (TPSA) is 76.1 Å². The van der Waals surface area contributed by atoms with E-state index in [1.165, 1.54) is 17.7 Å². The molecule has 28 heavy (non-hydrogen) atoms. The van der Waals surface area contributed by atoms with Crippen LogP contribution in [-0.4, -0.2) is 41.3 Å². The van der Waals surface area contributed by atoms with E-state index >= 15 is 0 Å². The Labute approximate surface area is 168 Å². The Kier molecular flexibility index (Phi) is 10.0. The lowest BCUT2D eigenvalue weighted by atomic mass is 10.1. The van der Waals surface area contributed by atoms with E-state index in [1.54, 1.807) is 52.1 Å². The molecule has 0 aliphatic carbocycles. The Bertz CT molecular complexity index is 606. The number of rotatable bonds is 10. The SMILES string of the molecule is CCCCCCCC(=O)Oc1ccc(C(O)CN(C)C(=O)OC(C)(C)C)cc1. The van der Waals surface area contributed by atoms with Gasteiger partial charge in [0.2, 0.25) is 0 Å². The molecule has 0 spiro atoms. The maximum absolute atomic E-state index is 12.0. The van der Waals surface area contributed by atoms with Gasteiger partial charge in [-0.1, -0.05) is 44.7 Å². The number of esters is 1. The van der Waals surface area contributed by atoms with Gasteiger partial charge in [0.15, 0.2) is 0 Å². The van der Waals surface area contributed by atoms with E-state index in [9.17, 15) is 14.7 Å². The molecular formula is C22H35NO5. The Hall–Kier alpha value is -2.08. The number of likely N-dealkylation sites (N-methyl/N-ethyl adjacent to an activating group) is 1. The number of benzene rings is 1. The van der Waals surface area contributed by atoms with Crippen LogP contribution in [-0.2, 0) is 9.53 Å². The normalized spacial score (nSPS) is 12.4. The third-order valence-electron chi connectivity index (χ3n) is 4.13. The van der Waals surface area contributed by atoms with Crippen molar-refractivity contribution in [3.8, 4) is 5.75 Å². The van der Waals surface area contributed by atoms with Gasteiger partial charge in [-0.05, 0) is 44.9 Å². The summed E-state index contributed by atoms with van der Waals surface area (Å²) in [4.78, 5) is 25.2. The summed E-state index contributed by atoms with van der Waals surface area (Å²) in [6, 6.07) is 6.69. The number of carbonyl (C=O) groups excluding carboxylic acids is 2. The van der Waals surface area contributed by atoms with Crippen LogP contribution in [0, 0.1) is 0 Å². The second kappa shape index (κ2) is 11.7. The zero-order valence-corrected chi connectivity index (χ0v) is 17.9. The monoisotopic (exact) mass is 393 g/mol. The smallest absolute Gasteiger partial charge is 0.410 e. The van der Waals surface area contributed by atoms with Crippen LogP contribution in [0.4, 0.5) is 4.79 Å². The van der Waals surface area contributed by atoms with Crippen molar-refractivity contribution in [1.82, 2.24) is 4.90 Å². The van der Waals surface area contributed by atoms with Gasteiger partial charge >= 0.3 is 12.1 Å². The highest BCUT2D eigenvalue weighted by atomic mass is 16.6. The first kappa shape index (κ1) is 24.0. The molecule has 0 bridgehead atoms. The molecule has 0 saturated heterocycles. The fourth-order valence-electron chi connectivity index (χ4n) is 2.59. The maximum atomic E-state index is 12.0. The number of aliphatic hydroxyl groups excluding tert-OH is 1. The summed E-state index contributed by atoms with van der Waals surface area (Å²) in [5.41, 5.74) is 0.0486. The fraction of sp³-hybridized carbons (Fsp3) is 0.636. The van der Waals surface area contributed by atoms with Crippen LogP contribution in [0.5, 0.6) is 5.75 Å². The molecule has 6 nitrogen and oxygen atoms in total. The van der Waals surface area contributed by atoms with Crippen molar-refractivity contribution in [2.75, 3.05) is 13.6 Å². The van der Waals surface area contributed by atoms with Crippen LogP contribution in [0.15, 0.2) is 24.3 Å². The van der Waals surface area contributed by atoms with Gasteiger partial charge in [-0.15, -0.1) is 0 Å². The minimum atomic E-state index is -0.860. The van der Waals surface area contributed by atoms with Crippen molar-refractivity contribution < 1.29 is 24.2 Å². The van der Waals surface area contributed by atoms with E-state index in [0.29, 0.717) is 17.7 Å². The van der Waals surface area contributed by atoms with E-state index in [4.69, 9.17) is 9.47 Å². The van der Waals surface area contributed by atoms with Crippen LogP contribution in [0.3, 0.4) is 0 Å². The molecule has 1 unspecified atom stereocenters. The number of nitrogens with zero attached hydrogens (tertiary/aromatic N) is 1. The van der Waals surface area contributed by atoms with Gasteiger partial charge in [0.25, 0.3) is 0 Å². The molecule has 0 aromatic heterocycles. The summed E-state index contributed by atoms with van der Waals surface area (Å²) in [5, 5.41) is 10.3. The molecule has 0 heterocycles. The first-order chi connectivity index (χ1) is 13.1. The maximum Gasteiger partial charge on any atom is 0.410 e. The quantitative estimate of drug-likeness (QED) is 0.349. The Morgan fingerprint density at radius 2 is 1.68 bits per heavy atom. The van der Waals surface area contributed by atoms with E-state index in [-0.39, 0.29) is 12.5 Å². The van der Waals surface area contributed by atoms with Crippen LogP contribution >= 0.6 is 0 Å². The number of amides is 1. The molecule has 1 atom stereocenters. The zero-order valence-electron chi connectivity index (χ0n) is 17.9. The Morgan fingerprint density at radius 3 is 2.25 bits per heavy atom. The average molecular weight is 394 g/mol. The van der Waals surface area contributed by atoms with Crippen LogP contribution in [0.2, 0.25) is 0 Å². The van der Waals surface area contributed by atoms with Gasteiger partial charge in [-0.25, -0.2) is 4.79 Å². The van der Waals surface area contributed by atoms with Crippen molar-refractivity contribution in [2.45, 2.75) is 77.9 Å². The average Bonchev–Trinajstić information content (AvgIpc) is 2.60. The zero-order chi connectivity index (χ0) is 21.2. The molecule has 6 heteroatoms. The lowest BCUT2D eigenvalue weighted by Crippen LogP contribution is -2.36. The molecule has 158 valence electrons. The first-order valence-corrected chi connectivity index (χ1v) is 10.0. The second-order valence-electron chi connectivity index (χ2n) is 8.08. The predicted octanol–water partition coefficient (Wildman–Crippen LogP) is 4.85. The predicted molar refractivity (Wildman–Crippen MR) is 109 cm³/mol. The molecule has 0 radical (unpaired) electrons. The van der Waals surface area contributed by atoms with Gasteiger partial charge in [-0.2, -0.15) is 0 Å². The van der Waals surface area contributed by atoms with Gasteiger partial charge in [0.05, 0.1) is 12.6 Å². The summed E-state index contributed by atoms with van der Waals surface area (Å²) in [6.45, 7) is 7.64. The number of hydrogen-bond donors (Lipinski definition) is 1. The van der Waals surface area contributed by atoms with Crippen molar-refractivity contribution in [1.29, 1.82) is 0 Å². The van der Waals surface area contributed by atoms with E-state index in [0.717, 1.165) is 19.3 Å². The highest BCUT2D eigenvalue weighted by Gasteiger charge is 2.21. The van der Waals surface area contributed by atoms with Crippen LogP contribution < -0.4 is 4.74 Å². The van der Waals surface area contributed by atoms with Gasteiger partial charge < -0.3 is 19.5 Å². The highest BCUT2D eigenvalue weighted by molar-refractivity contribution is 5.72. The fourth-order valence-corrected chi connectivity index (χ4v) is 2.59. The lowest BCUT2D eigenvalue weighted by molar-refractivity contribution is -0.134. The summed E-state index contributed by atoms with van der Waals surface area (Å²) in [6.07, 6.45) is 4.46. The molecule has 0 aliphatic rings. The van der Waals surface area contributed by atoms with E-state index in [2.05, 4.69) is 6.92 Å². The molecule has 1 rings (SSSR count). The van der Waals surface area contributed by atoms with Crippen LogP contribution in [0.25, 0.3) is 0 Å². The van der Waals surface area contributed by atoms with Crippen molar-refractivity contribution in [3.63, 3.8) is 0 Å². The van der Waals surface area contributed by atoms with Gasteiger partial charge in [0.1, 0.15) is 11.4 Å². The van der Waals surface area contributed by atoms with Crippen LogP contribution in [0.1, 0.15) is 77.9 Å². The first-order valence-electron chi connectivity index (χ1n) is 10.0. The number of unbranched alkanes of at least 4 members (excludes halogenated alkanes) is 4. The summed E-state index contributed by atoms with van der Waals surface area (Å²) in [7, 11) is 1.58. The molecule has 1 aromatic carbocycles. The molecule has 0 fully saturated rings. The number of hydrogen-bond acceptors (Lipinski definition) is 5. The molecule has 0 aliphatic heterocycles. The third-order valence-corrected chi connectivity index (χ3v) is 4.13. The molecular weight excluding hydrogens is 358 g/mol. The number of ether oxygens (including phenoxy) is 2. The summed E-state index contributed by atoms with van der Waals surface area (Å²) in [5.74, 6) is 0.212. The largest absolute Gasteiger partial charge is 0.444 e. The van der Waals surface area contributed by atoms with Crippen molar-refractivity contribution >= 4 is 12.1 Å². The summed E-state index contributed by atoms with van der Waals surface area (Å²) < 4.78 is 10.6. The lowest BCUT2D eigenvalue weighted by Gasteiger charge is -2.26. The minimum Gasteiger partial charge on any atom is -0.444 e. The molecule has 1 N–H and O–H groups in total. The van der Waals surface area contributed by atoms with Crippen molar-refractivity contribution in [3.05, 3.63) is 29.8 Å². The molecule has 1 aromatic rings. The summed E-state index contributed by atoms with van der Waals surface area (Å²) >= 11 is 0. The third kappa shape index (κ3) is 9.74. The van der Waals surface area contributed by atoms with E-state index < -0.39 is 17.8 Å². The molecule has 0 saturated carbocycles. The minimum absolute atomic E-state index is 0.103. The Balaban J connectivity index is 2.46. The standard InChI is InChI=1S/C22H35NO5/c1-6-7-8-9-10-11-20(25)27-18-14-12-17(13-15-18)19(24)16-23(5)21(26)28-22(2,3)4/h12-15,19,24H,6-11,16H2,1-5H3.